The molecule has 0 aromatic carbocycles. The lowest BCUT2D eigenvalue weighted by Crippen LogP contribution is -2.59. The maximum absolute atomic E-state index is 12.0. The van der Waals surface area contributed by atoms with E-state index in [1.165, 1.54) is 0 Å². The topological polar surface area (TPSA) is 77.5 Å². The molecular weight excluding hydrogens is 244 g/mol. The van der Waals surface area contributed by atoms with Gasteiger partial charge in [0.05, 0.1) is 19.8 Å². The zero-order chi connectivity index (χ0) is 12.1. The zero-order valence-corrected chi connectivity index (χ0v) is 10.1. The third kappa shape index (κ3) is 1.70. The van der Waals surface area contributed by atoms with Crippen molar-refractivity contribution in [2.75, 3.05) is 19.8 Å². The second-order valence-corrected chi connectivity index (χ2v) is 6.15. The molecule has 6 nitrogen and oxygen atoms in total. The summed E-state index contributed by atoms with van der Waals surface area (Å²) >= 11 is 0. The molecule has 3 rings (SSSR count). The fourth-order valence-electron chi connectivity index (χ4n) is 1.84. The molecular formula is C10H14N2O4S. The van der Waals surface area contributed by atoms with E-state index in [2.05, 4.69) is 9.71 Å². The Morgan fingerprint density at radius 3 is 2.94 bits per heavy atom. The minimum atomic E-state index is -3.54. The van der Waals surface area contributed by atoms with Gasteiger partial charge in [-0.1, -0.05) is 0 Å². The van der Waals surface area contributed by atoms with Gasteiger partial charge in [0.1, 0.15) is 4.90 Å². The molecule has 17 heavy (non-hydrogen) atoms. The lowest BCUT2D eigenvalue weighted by atomic mass is 10.0. The van der Waals surface area contributed by atoms with Gasteiger partial charge in [-0.25, -0.2) is 18.1 Å². The first-order valence-corrected chi connectivity index (χ1v) is 6.72. The summed E-state index contributed by atoms with van der Waals surface area (Å²) in [7, 11) is -3.54. The number of hydrogen-bond acceptors (Lipinski definition) is 5. The molecule has 3 heterocycles. The summed E-state index contributed by atoms with van der Waals surface area (Å²) in [6.07, 6.45) is 1.59. The molecule has 0 amide bonds. The Labute approximate surface area is 100 Å². The van der Waals surface area contributed by atoms with Crippen LogP contribution in [0.5, 0.6) is 5.88 Å². The van der Waals surface area contributed by atoms with Gasteiger partial charge in [-0.3, -0.25) is 0 Å². The number of rotatable bonds is 0. The van der Waals surface area contributed by atoms with E-state index in [-0.39, 0.29) is 18.7 Å². The van der Waals surface area contributed by atoms with Crippen LogP contribution in [0.2, 0.25) is 0 Å². The highest BCUT2D eigenvalue weighted by Crippen LogP contribution is 2.32. The SMILES string of the molecule is Cc1cnc2c(c1)S(=O)(=O)NCC1(COC1)O2.[HH]. The van der Waals surface area contributed by atoms with Crippen molar-refractivity contribution in [1.82, 2.24) is 9.71 Å². The van der Waals surface area contributed by atoms with E-state index in [0.29, 0.717) is 13.2 Å². The highest BCUT2D eigenvalue weighted by molar-refractivity contribution is 7.89. The minimum Gasteiger partial charge on any atom is -0.464 e. The summed E-state index contributed by atoms with van der Waals surface area (Å²) in [6.45, 7) is 2.76. The van der Waals surface area contributed by atoms with Crippen molar-refractivity contribution in [3.8, 4) is 5.88 Å². The maximum Gasteiger partial charge on any atom is 0.246 e. The van der Waals surface area contributed by atoms with Crippen LogP contribution in [0.15, 0.2) is 17.2 Å². The zero-order valence-electron chi connectivity index (χ0n) is 9.26. The van der Waals surface area contributed by atoms with Gasteiger partial charge in [0.15, 0.2) is 5.60 Å². The molecule has 1 aromatic heterocycles. The molecule has 0 unspecified atom stereocenters. The van der Waals surface area contributed by atoms with Crippen molar-refractivity contribution in [2.45, 2.75) is 17.4 Å². The fraction of sp³-hybridized carbons (Fsp3) is 0.500. The van der Waals surface area contributed by atoms with E-state index in [1.54, 1.807) is 19.2 Å². The number of fused-ring (bicyclic) bond motifs is 1. The average Bonchev–Trinajstić information content (AvgIpc) is 2.34. The first kappa shape index (κ1) is 10.9. The lowest BCUT2D eigenvalue weighted by molar-refractivity contribution is -0.158. The molecule has 7 heteroatoms. The number of ether oxygens (including phenoxy) is 2. The molecule has 1 saturated heterocycles. The molecule has 0 atom stereocenters. The lowest BCUT2D eigenvalue weighted by Gasteiger charge is -2.39. The summed E-state index contributed by atoms with van der Waals surface area (Å²) in [5.41, 5.74) is 0.180. The number of aromatic nitrogens is 1. The van der Waals surface area contributed by atoms with Crippen molar-refractivity contribution >= 4 is 10.0 Å². The van der Waals surface area contributed by atoms with Gasteiger partial charge in [0.25, 0.3) is 0 Å². The van der Waals surface area contributed by atoms with Gasteiger partial charge in [-0.2, -0.15) is 0 Å². The number of nitrogens with zero attached hydrogens (tertiary/aromatic N) is 1. The van der Waals surface area contributed by atoms with Crippen molar-refractivity contribution in [3.63, 3.8) is 0 Å². The van der Waals surface area contributed by atoms with Crippen LogP contribution in [0.4, 0.5) is 0 Å². The van der Waals surface area contributed by atoms with E-state index in [9.17, 15) is 8.42 Å². The van der Waals surface area contributed by atoms with Gasteiger partial charge >= 0.3 is 0 Å². The minimum absolute atomic E-state index is 0. The van der Waals surface area contributed by atoms with Crippen LogP contribution in [-0.4, -0.2) is 38.8 Å². The normalized spacial score (nSPS) is 24.3. The van der Waals surface area contributed by atoms with E-state index in [1.807, 2.05) is 0 Å². The number of aryl methyl sites for hydroxylation is 1. The third-order valence-electron chi connectivity index (χ3n) is 2.87. The largest absolute Gasteiger partial charge is 0.464 e. The summed E-state index contributed by atoms with van der Waals surface area (Å²) in [5.74, 6) is 0.156. The molecule has 0 aliphatic carbocycles. The summed E-state index contributed by atoms with van der Waals surface area (Å²) in [6, 6.07) is 1.56. The van der Waals surface area contributed by atoms with E-state index >= 15 is 0 Å². The standard InChI is InChI=1S/C10H12N2O4S.H2/c1-7-2-8-9(11-3-7)16-10(5-15-6-10)4-12-17(8,13)14;/h2-3,12H,4-6H2,1H3;1H. The van der Waals surface area contributed by atoms with Crippen LogP contribution >= 0.6 is 0 Å². The highest BCUT2D eigenvalue weighted by Gasteiger charge is 2.45. The van der Waals surface area contributed by atoms with Crippen LogP contribution in [0.3, 0.4) is 0 Å². The summed E-state index contributed by atoms with van der Waals surface area (Å²) in [4.78, 5) is 4.15. The predicted octanol–water partition coefficient (Wildman–Crippen LogP) is 0.0757. The predicted molar refractivity (Wildman–Crippen MR) is 60.5 cm³/mol. The monoisotopic (exact) mass is 258 g/mol. The molecule has 94 valence electrons. The number of sulfonamides is 1. The molecule has 0 bridgehead atoms. The van der Waals surface area contributed by atoms with Crippen molar-refractivity contribution in [1.29, 1.82) is 0 Å². The third-order valence-corrected chi connectivity index (χ3v) is 4.27. The van der Waals surface area contributed by atoms with Crippen LogP contribution in [0, 0.1) is 6.92 Å². The van der Waals surface area contributed by atoms with Crippen LogP contribution in [0.25, 0.3) is 0 Å². The van der Waals surface area contributed by atoms with Gasteiger partial charge in [-0.05, 0) is 18.6 Å². The molecule has 0 saturated carbocycles. The van der Waals surface area contributed by atoms with Crippen molar-refractivity contribution in [3.05, 3.63) is 17.8 Å². The van der Waals surface area contributed by atoms with Crippen molar-refractivity contribution in [2.24, 2.45) is 0 Å². The quantitative estimate of drug-likeness (QED) is 0.713. The average molecular weight is 258 g/mol. The van der Waals surface area contributed by atoms with Gasteiger partial charge in [-0.15, -0.1) is 0 Å². The van der Waals surface area contributed by atoms with E-state index in [0.717, 1.165) is 5.56 Å². The second-order valence-electron chi connectivity index (χ2n) is 4.42. The van der Waals surface area contributed by atoms with Crippen LogP contribution in [0.1, 0.15) is 6.99 Å². The first-order chi connectivity index (χ1) is 8.01. The van der Waals surface area contributed by atoms with E-state index in [4.69, 9.17) is 9.47 Å². The van der Waals surface area contributed by atoms with Crippen LogP contribution < -0.4 is 9.46 Å². The smallest absolute Gasteiger partial charge is 0.246 e. The molecule has 2 aliphatic heterocycles. The molecule has 1 aromatic rings. The Hall–Kier alpha value is -1.18. The summed E-state index contributed by atoms with van der Waals surface area (Å²) in [5, 5.41) is 0. The summed E-state index contributed by atoms with van der Waals surface area (Å²) < 4.78 is 37.3. The van der Waals surface area contributed by atoms with Gasteiger partial charge < -0.3 is 9.47 Å². The molecule has 0 radical (unpaired) electrons. The van der Waals surface area contributed by atoms with Crippen LogP contribution in [-0.2, 0) is 14.8 Å². The number of pyridine rings is 1. The number of hydrogen-bond donors (Lipinski definition) is 1. The maximum atomic E-state index is 12.0. The van der Waals surface area contributed by atoms with Crippen molar-refractivity contribution < 1.29 is 19.3 Å². The van der Waals surface area contributed by atoms with Gasteiger partial charge in [0.2, 0.25) is 15.9 Å². The fourth-order valence-corrected chi connectivity index (χ4v) is 3.11. The van der Waals surface area contributed by atoms with E-state index < -0.39 is 15.6 Å². The Bertz CT molecular complexity index is 571. The number of nitrogens with one attached hydrogen (secondary N) is 1. The molecule has 1 fully saturated rings. The second kappa shape index (κ2) is 3.41. The molecule has 1 N–H and O–H groups in total. The Kier molecular flexibility index (Phi) is 2.19. The Morgan fingerprint density at radius 1 is 1.53 bits per heavy atom. The first-order valence-electron chi connectivity index (χ1n) is 5.24. The Balaban J connectivity index is 0.00000120. The Morgan fingerprint density at radius 2 is 2.29 bits per heavy atom. The van der Waals surface area contributed by atoms with Gasteiger partial charge in [0, 0.05) is 7.62 Å². The molecule has 1 spiro atoms. The molecule has 2 aliphatic rings. The highest BCUT2D eigenvalue weighted by atomic mass is 32.2.